The predicted molar refractivity (Wildman–Crippen MR) is 81.2 cm³/mol. The van der Waals surface area contributed by atoms with Crippen LogP contribution in [0.1, 0.15) is 21.7 Å². The quantitative estimate of drug-likeness (QED) is 0.935. The lowest BCUT2D eigenvalue weighted by atomic mass is 10.1. The topological polar surface area (TPSA) is 52.2 Å². The van der Waals surface area contributed by atoms with Crippen molar-refractivity contribution in [3.05, 3.63) is 53.6 Å². The summed E-state index contributed by atoms with van der Waals surface area (Å²) in [4.78, 5) is 22.8. The van der Waals surface area contributed by atoms with E-state index < -0.39 is 11.7 Å². The number of nitrogens with zero attached hydrogens (tertiary/aromatic N) is 3. The summed E-state index contributed by atoms with van der Waals surface area (Å²) in [7, 11) is 0. The molecule has 0 spiro atoms. The fourth-order valence-electron chi connectivity index (χ4n) is 2.70. The van der Waals surface area contributed by atoms with Crippen molar-refractivity contribution in [1.82, 2.24) is 19.8 Å². The molecule has 2 heterocycles. The molecule has 1 aromatic heterocycles. The molecular weight excluding hydrogens is 321 g/mol. The maximum absolute atomic E-state index is 12.6. The Morgan fingerprint density at radius 2 is 1.79 bits per heavy atom. The Morgan fingerprint density at radius 3 is 2.33 bits per heavy atom. The zero-order valence-corrected chi connectivity index (χ0v) is 12.9. The first-order chi connectivity index (χ1) is 11.4. The van der Waals surface area contributed by atoms with Gasteiger partial charge in [0, 0.05) is 45.1 Å². The Hall–Kier alpha value is -2.35. The number of alkyl halides is 3. The molecule has 0 aliphatic carbocycles. The van der Waals surface area contributed by atoms with Crippen LogP contribution in [0.15, 0.2) is 36.7 Å². The minimum Gasteiger partial charge on any atom is -0.341 e. The Labute approximate surface area is 137 Å². The molecule has 0 atom stereocenters. The smallest absolute Gasteiger partial charge is 0.341 e. The van der Waals surface area contributed by atoms with Crippen molar-refractivity contribution in [2.75, 3.05) is 26.2 Å². The van der Waals surface area contributed by atoms with E-state index in [1.165, 1.54) is 18.3 Å². The van der Waals surface area contributed by atoms with Crippen molar-refractivity contribution in [3.8, 4) is 0 Å². The number of carbonyl (C=O) groups excluding carboxylic acids is 1. The van der Waals surface area contributed by atoms with Crippen LogP contribution >= 0.6 is 0 Å². The van der Waals surface area contributed by atoms with Crippen molar-refractivity contribution in [3.63, 3.8) is 0 Å². The van der Waals surface area contributed by atoms with Crippen LogP contribution in [0.4, 0.5) is 13.2 Å². The number of H-pyrrole nitrogens is 1. The molecule has 5 nitrogen and oxygen atoms in total. The number of aromatic nitrogens is 2. The minimum absolute atomic E-state index is 0.130. The van der Waals surface area contributed by atoms with Crippen molar-refractivity contribution >= 4 is 5.91 Å². The molecule has 1 amide bonds. The van der Waals surface area contributed by atoms with Gasteiger partial charge in [0.05, 0.1) is 5.56 Å². The molecule has 128 valence electrons. The molecule has 1 aromatic carbocycles. The molecule has 0 unspecified atom stereocenters. The van der Waals surface area contributed by atoms with Crippen LogP contribution < -0.4 is 0 Å². The van der Waals surface area contributed by atoms with E-state index in [0.717, 1.165) is 17.7 Å². The molecule has 1 aliphatic heterocycles. The zero-order chi connectivity index (χ0) is 17.2. The Kier molecular flexibility index (Phi) is 4.57. The summed E-state index contributed by atoms with van der Waals surface area (Å²) < 4.78 is 37.7. The summed E-state index contributed by atoms with van der Waals surface area (Å²) >= 11 is 0. The first-order valence-corrected chi connectivity index (χ1v) is 7.60. The highest BCUT2D eigenvalue weighted by molar-refractivity contribution is 5.90. The van der Waals surface area contributed by atoms with E-state index in [-0.39, 0.29) is 5.91 Å². The molecule has 1 aliphatic rings. The van der Waals surface area contributed by atoms with E-state index in [1.807, 2.05) is 0 Å². The summed E-state index contributed by atoms with van der Waals surface area (Å²) in [6, 6.07) is 5.21. The number of rotatable bonds is 3. The predicted octanol–water partition coefficient (Wildman–Crippen LogP) is 2.39. The highest BCUT2D eigenvalue weighted by atomic mass is 19.4. The summed E-state index contributed by atoms with van der Waals surface area (Å²) in [5.74, 6) is 0.195. The maximum atomic E-state index is 12.6. The number of amides is 1. The van der Waals surface area contributed by atoms with Crippen molar-refractivity contribution in [1.29, 1.82) is 0 Å². The summed E-state index contributed by atoms with van der Waals surface area (Å²) in [5, 5.41) is 0. The second kappa shape index (κ2) is 6.64. The fourth-order valence-corrected chi connectivity index (χ4v) is 2.70. The second-order valence-corrected chi connectivity index (χ2v) is 5.70. The summed E-state index contributed by atoms with van der Waals surface area (Å²) in [6.07, 6.45) is -1.17. The van der Waals surface area contributed by atoms with E-state index >= 15 is 0 Å². The molecule has 1 fully saturated rings. The van der Waals surface area contributed by atoms with Gasteiger partial charge in [-0.1, -0.05) is 12.1 Å². The monoisotopic (exact) mass is 338 g/mol. The van der Waals surface area contributed by atoms with E-state index in [9.17, 15) is 18.0 Å². The van der Waals surface area contributed by atoms with Gasteiger partial charge in [0.2, 0.25) is 0 Å². The van der Waals surface area contributed by atoms with Crippen LogP contribution in [0.25, 0.3) is 0 Å². The van der Waals surface area contributed by atoms with E-state index in [0.29, 0.717) is 38.5 Å². The van der Waals surface area contributed by atoms with Gasteiger partial charge in [-0.15, -0.1) is 0 Å². The lowest BCUT2D eigenvalue weighted by Gasteiger charge is -2.34. The Balaban J connectivity index is 1.53. The van der Waals surface area contributed by atoms with E-state index in [1.54, 1.807) is 11.1 Å². The Bertz CT molecular complexity index is 674. The summed E-state index contributed by atoms with van der Waals surface area (Å²) in [6.45, 7) is 3.06. The lowest BCUT2D eigenvalue weighted by Crippen LogP contribution is -2.48. The number of benzene rings is 1. The molecular formula is C16H17F3N4O. The third kappa shape index (κ3) is 3.76. The van der Waals surface area contributed by atoms with Crippen LogP contribution in [0, 0.1) is 0 Å². The standard InChI is InChI=1S/C16H17F3N4O/c17-16(18,19)13-3-1-12(2-4-13)11-22-7-9-23(10-8-22)15(24)14-20-5-6-21-14/h1-6H,7-11H2,(H,20,21). The van der Waals surface area contributed by atoms with E-state index in [2.05, 4.69) is 14.9 Å². The molecule has 1 N–H and O–H groups in total. The molecule has 0 radical (unpaired) electrons. The lowest BCUT2D eigenvalue weighted by molar-refractivity contribution is -0.137. The first-order valence-electron chi connectivity index (χ1n) is 7.60. The highest BCUT2D eigenvalue weighted by Gasteiger charge is 2.30. The van der Waals surface area contributed by atoms with Gasteiger partial charge in [0.15, 0.2) is 5.82 Å². The average molecular weight is 338 g/mol. The number of carbonyl (C=O) groups is 1. The third-order valence-corrected chi connectivity index (χ3v) is 4.05. The molecule has 0 saturated carbocycles. The zero-order valence-electron chi connectivity index (χ0n) is 12.9. The molecule has 1 saturated heterocycles. The molecule has 24 heavy (non-hydrogen) atoms. The number of halogens is 3. The summed E-state index contributed by atoms with van der Waals surface area (Å²) in [5.41, 5.74) is 0.189. The SMILES string of the molecule is O=C(c1ncc[nH]1)N1CCN(Cc2ccc(C(F)(F)F)cc2)CC1. The van der Waals surface area contributed by atoms with Crippen LogP contribution in [0.2, 0.25) is 0 Å². The number of hydrogen-bond donors (Lipinski definition) is 1. The van der Waals surface area contributed by atoms with E-state index in [4.69, 9.17) is 0 Å². The Morgan fingerprint density at radius 1 is 1.12 bits per heavy atom. The van der Waals surface area contributed by atoms with Crippen LogP contribution in [-0.4, -0.2) is 51.9 Å². The van der Waals surface area contributed by atoms with Crippen LogP contribution in [-0.2, 0) is 12.7 Å². The molecule has 0 bridgehead atoms. The van der Waals surface area contributed by atoms with Crippen LogP contribution in [0.3, 0.4) is 0 Å². The molecule has 3 rings (SSSR count). The van der Waals surface area contributed by atoms with Gasteiger partial charge in [-0.3, -0.25) is 9.69 Å². The van der Waals surface area contributed by atoms with Gasteiger partial charge < -0.3 is 9.88 Å². The highest BCUT2D eigenvalue weighted by Crippen LogP contribution is 2.29. The molecule has 8 heteroatoms. The third-order valence-electron chi connectivity index (χ3n) is 4.05. The van der Waals surface area contributed by atoms with Gasteiger partial charge in [0.25, 0.3) is 5.91 Å². The fraction of sp³-hybridized carbons (Fsp3) is 0.375. The number of nitrogens with one attached hydrogen (secondary N) is 1. The van der Waals surface area contributed by atoms with Gasteiger partial charge in [-0.05, 0) is 17.7 Å². The van der Waals surface area contributed by atoms with Crippen LogP contribution in [0.5, 0.6) is 0 Å². The average Bonchev–Trinajstić information content (AvgIpc) is 3.09. The number of imidazole rings is 1. The number of aromatic amines is 1. The van der Waals surface area contributed by atoms with Gasteiger partial charge in [-0.2, -0.15) is 13.2 Å². The maximum Gasteiger partial charge on any atom is 0.416 e. The second-order valence-electron chi connectivity index (χ2n) is 5.70. The van der Waals surface area contributed by atoms with Crippen molar-refractivity contribution < 1.29 is 18.0 Å². The normalized spacial score (nSPS) is 16.4. The van der Waals surface area contributed by atoms with Crippen molar-refractivity contribution in [2.24, 2.45) is 0 Å². The molecule has 2 aromatic rings. The van der Waals surface area contributed by atoms with Gasteiger partial charge in [-0.25, -0.2) is 4.98 Å². The van der Waals surface area contributed by atoms with Gasteiger partial charge >= 0.3 is 6.18 Å². The number of hydrogen-bond acceptors (Lipinski definition) is 3. The largest absolute Gasteiger partial charge is 0.416 e. The minimum atomic E-state index is -4.31. The first kappa shape index (κ1) is 16.5. The van der Waals surface area contributed by atoms with Crippen molar-refractivity contribution in [2.45, 2.75) is 12.7 Å². The number of piperazine rings is 1. The van der Waals surface area contributed by atoms with Gasteiger partial charge in [0.1, 0.15) is 0 Å².